The van der Waals surface area contributed by atoms with Crippen molar-refractivity contribution in [3.63, 3.8) is 0 Å². The molecule has 9 heteroatoms. The summed E-state index contributed by atoms with van der Waals surface area (Å²) < 4.78 is 0. The van der Waals surface area contributed by atoms with Crippen LogP contribution in [0.5, 0.6) is 0 Å². The van der Waals surface area contributed by atoms with E-state index < -0.39 is 5.54 Å². The third-order valence-electron chi connectivity index (χ3n) is 5.48. The Morgan fingerprint density at radius 2 is 1.90 bits per heavy atom. The number of H-pyrrole nitrogens is 1. The van der Waals surface area contributed by atoms with Crippen molar-refractivity contribution in [2.75, 3.05) is 5.73 Å². The lowest BCUT2D eigenvalue weighted by atomic mass is 9.72. The van der Waals surface area contributed by atoms with Crippen molar-refractivity contribution in [2.45, 2.75) is 51.0 Å². The predicted molar refractivity (Wildman–Crippen MR) is 117 cm³/mol. The van der Waals surface area contributed by atoms with Gasteiger partial charge in [-0.3, -0.25) is 15.1 Å². The van der Waals surface area contributed by atoms with Crippen LogP contribution in [0.25, 0.3) is 10.9 Å². The molecule has 2 aromatic heterocycles. The lowest BCUT2D eigenvalue weighted by Crippen LogP contribution is -2.31. The summed E-state index contributed by atoms with van der Waals surface area (Å²) in [7, 11) is 0. The van der Waals surface area contributed by atoms with Gasteiger partial charge in [-0.15, -0.1) is 0 Å². The molecule has 0 amide bonds. The van der Waals surface area contributed by atoms with Crippen LogP contribution in [0, 0.1) is 6.92 Å². The quantitative estimate of drug-likeness (QED) is 0.584. The average molecular weight is 425 g/mol. The van der Waals surface area contributed by atoms with Crippen LogP contribution in [0.3, 0.4) is 0 Å². The highest BCUT2D eigenvalue weighted by atomic mass is 35.5. The third kappa shape index (κ3) is 3.93. The molecule has 8 nitrogen and oxygen atoms in total. The summed E-state index contributed by atoms with van der Waals surface area (Å²) in [6.07, 6.45) is 4.98. The van der Waals surface area contributed by atoms with Crippen molar-refractivity contribution < 1.29 is 0 Å². The van der Waals surface area contributed by atoms with E-state index in [1.807, 2.05) is 32.9 Å². The minimum Gasteiger partial charge on any atom is -0.383 e. The summed E-state index contributed by atoms with van der Waals surface area (Å²) in [5.41, 5.74) is 15.2. The van der Waals surface area contributed by atoms with E-state index in [0.29, 0.717) is 33.5 Å². The molecule has 1 fully saturated rings. The Labute approximate surface area is 179 Å². The molecule has 3 aromatic rings. The van der Waals surface area contributed by atoms with Gasteiger partial charge in [-0.25, -0.2) is 9.97 Å². The first kappa shape index (κ1) is 20.4. The van der Waals surface area contributed by atoms with Crippen LogP contribution in [-0.2, 0) is 5.54 Å². The van der Waals surface area contributed by atoms with Crippen molar-refractivity contribution >= 4 is 28.3 Å². The average Bonchev–Trinajstić information content (AvgIpc) is 2.72. The topological polar surface area (TPSA) is 132 Å². The number of anilines is 1. The van der Waals surface area contributed by atoms with Gasteiger partial charge in [0, 0.05) is 17.2 Å². The summed E-state index contributed by atoms with van der Waals surface area (Å²) in [5, 5.41) is 8.34. The molecule has 1 saturated carbocycles. The number of hydrogen-bond acceptors (Lipinski definition) is 7. The summed E-state index contributed by atoms with van der Waals surface area (Å²) in [6.45, 7) is 5.84. The number of rotatable bonds is 3. The largest absolute Gasteiger partial charge is 0.383 e. The molecule has 0 bridgehead atoms. The SMILES string of the molecule is Cc1nc(C(C)(C)N)cnc1C1CC(c2nc(N)c3cccc(Cl)c3ncn[nH]2)C1. The normalized spacial score (nSPS) is 18.7. The Kier molecular flexibility index (Phi) is 5.29. The Morgan fingerprint density at radius 1 is 1.13 bits per heavy atom. The molecule has 0 aliphatic heterocycles. The zero-order valence-corrected chi connectivity index (χ0v) is 18.0. The number of nitrogens with zero attached hydrogens (tertiary/aromatic N) is 5. The third-order valence-corrected chi connectivity index (χ3v) is 5.79. The lowest BCUT2D eigenvalue weighted by Gasteiger charge is -2.34. The van der Waals surface area contributed by atoms with Crippen molar-refractivity contribution in [1.82, 2.24) is 30.1 Å². The molecule has 0 radical (unpaired) electrons. The van der Waals surface area contributed by atoms with Gasteiger partial charge in [0.2, 0.25) is 0 Å². The van der Waals surface area contributed by atoms with E-state index in [1.165, 1.54) is 6.33 Å². The molecule has 1 aliphatic rings. The molecule has 1 aliphatic carbocycles. The second-order valence-corrected chi connectivity index (χ2v) is 8.72. The van der Waals surface area contributed by atoms with Gasteiger partial charge in [-0.2, -0.15) is 5.10 Å². The fourth-order valence-electron chi connectivity index (χ4n) is 3.70. The summed E-state index contributed by atoms with van der Waals surface area (Å²) >= 11 is 6.25. The van der Waals surface area contributed by atoms with E-state index in [9.17, 15) is 0 Å². The molecule has 156 valence electrons. The summed E-state index contributed by atoms with van der Waals surface area (Å²) in [5.74, 6) is 1.58. The first-order chi connectivity index (χ1) is 14.2. The van der Waals surface area contributed by atoms with E-state index >= 15 is 0 Å². The Hall–Kier alpha value is -2.84. The first-order valence-corrected chi connectivity index (χ1v) is 10.2. The highest BCUT2D eigenvalue weighted by Gasteiger charge is 2.35. The van der Waals surface area contributed by atoms with Gasteiger partial charge in [0.15, 0.2) is 0 Å². The number of aromatic amines is 1. The van der Waals surface area contributed by atoms with Gasteiger partial charge in [-0.1, -0.05) is 17.7 Å². The number of fused-ring (bicyclic) bond motifs is 1. The van der Waals surface area contributed by atoms with Crippen LogP contribution in [0.1, 0.15) is 61.4 Å². The number of hydrogen-bond donors (Lipinski definition) is 3. The molecular weight excluding hydrogens is 400 g/mol. The molecule has 1 aromatic carbocycles. The first-order valence-electron chi connectivity index (χ1n) is 9.85. The minimum atomic E-state index is -0.510. The highest BCUT2D eigenvalue weighted by molar-refractivity contribution is 6.35. The molecule has 30 heavy (non-hydrogen) atoms. The van der Waals surface area contributed by atoms with Crippen molar-refractivity contribution in [3.8, 4) is 0 Å². The number of nitrogen functional groups attached to an aromatic ring is 1. The number of aromatic nitrogens is 6. The molecule has 0 unspecified atom stereocenters. The molecule has 4 rings (SSSR count). The number of nitrogens with two attached hydrogens (primary N) is 2. The minimum absolute atomic E-state index is 0.193. The van der Waals surface area contributed by atoms with Crippen molar-refractivity contribution in [1.29, 1.82) is 0 Å². The fourth-order valence-corrected chi connectivity index (χ4v) is 3.92. The highest BCUT2D eigenvalue weighted by Crippen LogP contribution is 2.46. The van der Waals surface area contributed by atoms with E-state index in [4.69, 9.17) is 23.1 Å². The second kappa shape index (κ2) is 7.77. The lowest BCUT2D eigenvalue weighted by molar-refractivity contribution is 0.327. The monoisotopic (exact) mass is 424 g/mol. The number of para-hydroxylation sites is 1. The zero-order valence-electron chi connectivity index (χ0n) is 17.2. The molecule has 0 atom stereocenters. The Balaban J connectivity index is 1.61. The molecule has 0 saturated heterocycles. The van der Waals surface area contributed by atoms with Crippen LogP contribution < -0.4 is 11.5 Å². The smallest absolute Gasteiger partial charge is 0.136 e. The predicted octanol–water partition coefficient (Wildman–Crippen LogP) is 3.67. The van der Waals surface area contributed by atoms with Gasteiger partial charge < -0.3 is 11.5 Å². The van der Waals surface area contributed by atoms with Crippen LogP contribution in [0.15, 0.2) is 30.7 Å². The maximum atomic E-state index is 6.27. The van der Waals surface area contributed by atoms with Gasteiger partial charge >= 0.3 is 0 Å². The summed E-state index contributed by atoms with van der Waals surface area (Å²) in [6, 6.07) is 5.44. The van der Waals surface area contributed by atoms with E-state index in [-0.39, 0.29) is 5.92 Å². The van der Waals surface area contributed by atoms with Crippen LogP contribution in [0.4, 0.5) is 5.82 Å². The van der Waals surface area contributed by atoms with Gasteiger partial charge in [0.1, 0.15) is 18.0 Å². The van der Waals surface area contributed by atoms with E-state index in [1.54, 1.807) is 12.3 Å². The fraction of sp³-hybridized carbons (Fsp3) is 0.381. The van der Waals surface area contributed by atoms with Crippen LogP contribution >= 0.6 is 11.6 Å². The molecule has 5 N–H and O–H groups in total. The van der Waals surface area contributed by atoms with Crippen LogP contribution in [-0.4, -0.2) is 30.1 Å². The number of halogens is 1. The van der Waals surface area contributed by atoms with Gasteiger partial charge in [-0.05, 0) is 45.7 Å². The Morgan fingerprint density at radius 3 is 2.60 bits per heavy atom. The van der Waals surface area contributed by atoms with E-state index in [0.717, 1.165) is 29.9 Å². The second-order valence-electron chi connectivity index (χ2n) is 8.32. The number of benzene rings is 1. The number of aryl methyl sites for hydroxylation is 1. The molecule has 0 spiro atoms. The molecule has 2 heterocycles. The number of nitrogens with one attached hydrogen (secondary N) is 1. The van der Waals surface area contributed by atoms with Gasteiger partial charge in [0.05, 0.1) is 39.4 Å². The van der Waals surface area contributed by atoms with Crippen molar-refractivity contribution in [2.24, 2.45) is 5.73 Å². The standard InChI is InChI=1S/C21H25ClN8/c1-11-17(25-9-16(28-11)21(2,3)24)12-7-13(8-12)20-29-19(23)14-5-4-6-15(22)18(14)26-10-27-30-20/h4-6,9-10,12-13H,7-8,23-24H2,1-3H3,(H,29,30). The Bertz CT molecular complexity index is 1140. The van der Waals surface area contributed by atoms with Gasteiger partial charge in [0.25, 0.3) is 0 Å². The van der Waals surface area contributed by atoms with Crippen molar-refractivity contribution in [3.05, 3.63) is 58.7 Å². The molecular formula is C21H25ClN8. The van der Waals surface area contributed by atoms with E-state index in [2.05, 4.69) is 30.1 Å². The maximum absolute atomic E-state index is 6.27. The zero-order chi connectivity index (χ0) is 21.5. The summed E-state index contributed by atoms with van der Waals surface area (Å²) in [4.78, 5) is 18.2. The maximum Gasteiger partial charge on any atom is 0.136 e. The van der Waals surface area contributed by atoms with Crippen LogP contribution in [0.2, 0.25) is 5.02 Å².